The van der Waals surface area contributed by atoms with E-state index in [0.29, 0.717) is 16.9 Å². The highest BCUT2D eigenvalue weighted by Gasteiger charge is 2.16. The van der Waals surface area contributed by atoms with Crippen molar-refractivity contribution < 1.29 is 14.1 Å². The largest absolute Gasteiger partial charge is 0.410 e. The minimum atomic E-state index is -0.489. The highest BCUT2D eigenvalue weighted by Crippen LogP contribution is 2.26. The molecule has 26 heavy (non-hydrogen) atoms. The van der Waals surface area contributed by atoms with Crippen LogP contribution in [0.4, 0.5) is 11.4 Å². The number of carbonyl (C=O) groups excluding carboxylic acids is 1. The molecule has 0 aliphatic rings. The van der Waals surface area contributed by atoms with Crippen molar-refractivity contribution in [1.82, 2.24) is 15.2 Å². The normalized spacial score (nSPS) is 10.5. The van der Waals surface area contributed by atoms with Crippen LogP contribution < -0.4 is 5.32 Å². The molecule has 3 rings (SSSR count). The number of nitrogens with one attached hydrogen (secondary N) is 1. The summed E-state index contributed by atoms with van der Waals surface area (Å²) in [7, 11) is 0. The first kappa shape index (κ1) is 17.5. The Morgan fingerprint density at radius 1 is 1.27 bits per heavy atom. The number of nitro groups is 1. The van der Waals surface area contributed by atoms with Crippen molar-refractivity contribution in [2.75, 3.05) is 11.1 Å². The molecule has 0 aliphatic carbocycles. The van der Waals surface area contributed by atoms with E-state index in [4.69, 9.17) is 4.42 Å². The Bertz CT molecular complexity index is 945. The average Bonchev–Trinajstić information content (AvgIpc) is 3.11. The predicted octanol–water partition coefficient (Wildman–Crippen LogP) is 3.08. The molecule has 1 amide bonds. The lowest BCUT2D eigenvalue weighted by Gasteiger charge is -2.07. The minimum Gasteiger partial charge on any atom is -0.410 e. The second-order valence-electron chi connectivity index (χ2n) is 5.13. The van der Waals surface area contributed by atoms with Gasteiger partial charge in [0.2, 0.25) is 5.91 Å². The number of hydrogen-bond acceptors (Lipinski definition) is 8. The van der Waals surface area contributed by atoms with Gasteiger partial charge in [0, 0.05) is 12.3 Å². The Hall–Kier alpha value is -3.27. The maximum atomic E-state index is 12.1. The van der Waals surface area contributed by atoms with Crippen LogP contribution in [-0.4, -0.2) is 31.8 Å². The molecule has 0 fully saturated rings. The third kappa shape index (κ3) is 4.03. The van der Waals surface area contributed by atoms with Gasteiger partial charge in [-0.3, -0.25) is 19.9 Å². The zero-order valence-corrected chi connectivity index (χ0v) is 14.4. The van der Waals surface area contributed by atoms with Crippen LogP contribution in [0.1, 0.15) is 5.56 Å². The molecular formula is C16H13N5O4S. The predicted molar refractivity (Wildman–Crippen MR) is 94.7 cm³/mol. The van der Waals surface area contributed by atoms with Gasteiger partial charge in [-0.25, -0.2) is 0 Å². The van der Waals surface area contributed by atoms with Crippen molar-refractivity contribution in [3.8, 4) is 11.6 Å². The van der Waals surface area contributed by atoms with Crippen LogP contribution in [-0.2, 0) is 4.79 Å². The molecule has 9 nitrogen and oxygen atoms in total. The molecule has 0 unspecified atom stereocenters. The fraction of sp³-hybridized carbons (Fsp3) is 0.125. The molecule has 1 N–H and O–H groups in total. The Morgan fingerprint density at radius 3 is 2.85 bits per heavy atom. The zero-order valence-electron chi connectivity index (χ0n) is 13.6. The Kier molecular flexibility index (Phi) is 5.23. The van der Waals surface area contributed by atoms with E-state index in [0.717, 1.165) is 11.8 Å². The number of rotatable bonds is 6. The monoisotopic (exact) mass is 371 g/mol. The molecule has 0 bridgehead atoms. The Balaban J connectivity index is 1.61. The van der Waals surface area contributed by atoms with E-state index >= 15 is 0 Å². The molecule has 0 saturated heterocycles. The van der Waals surface area contributed by atoms with Gasteiger partial charge in [0.25, 0.3) is 16.8 Å². The molecule has 0 radical (unpaired) electrons. The number of thioether (sulfide) groups is 1. The van der Waals surface area contributed by atoms with Gasteiger partial charge >= 0.3 is 0 Å². The molecule has 132 valence electrons. The summed E-state index contributed by atoms with van der Waals surface area (Å²) in [6.45, 7) is 1.58. The number of nitrogens with zero attached hydrogens (tertiary/aromatic N) is 4. The van der Waals surface area contributed by atoms with Gasteiger partial charge in [0.1, 0.15) is 5.69 Å². The number of nitro benzene ring substituents is 1. The molecule has 0 saturated carbocycles. The number of pyridine rings is 1. The van der Waals surface area contributed by atoms with Crippen LogP contribution in [0, 0.1) is 17.0 Å². The highest BCUT2D eigenvalue weighted by molar-refractivity contribution is 7.99. The number of carbonyl (C=O) groups is 1. The number of amides is 1. The lowest BCUT2D eigenvalue weighted by Crippen LogP contribution is -2.15. The molecule has 2 heterocycles. The van der Waals surface area contributed by atoms with E-state index in [-0.39, 0.29) is 28.5 Å². The van der Waals surface area contributed by atoms with Gasteiger partial charge in [-0.1, -0.05) is 23.9 Å². The second-order valence-corrected chi connectivity index (χ2v) is 6.06. The standard InChI is InChI=1S/C16H13N5O4S/c1-10-11(6-4-7-13(10)21(23)24)18-14(22)9-26-16-20-19-15(25-16)12-5-2-3-8-17-12/h2-8H,9H2,1H3,(H,18,22). The minimum absolute atomic E-state index is 0.0198. The van der Waals surface area contributed by atoms with E-state index in [9.17, 15) is 14.9 Å². The van der Waals surface area contributed by atoms with Gasteiger partial charge in [-0.15, -0.1) is 10.2 Å². The lowest BCUT2D eigenvalue weighted by atomic mass is 10.1. The van der Waals surface area contributed by atoms with Crippen molar-refractivity contribution >= 4 is 29.0 Å². The lowest BCUT2D eigenvalue weighted by molar-refractivity contribution is -0.385. The molecule has 0 spiro atoms. The fourth-order valence-corrected chi connectivity index (χ4v) is 2.69. The first-order valence-electron chi connectivity index (χ1n) is 7.46. The van der Waals surface area contributed by atoms with Gasteiger partial charge < -0.3 is 9.73 Å². The number of benzene rings is 1. The van der Waals surface area contributed by atoms with Crippen LogP contribution in [0.3, 0.4) is 0 Å². The fourth-order valence-electron chi connectivity index (χ4n) is 2.13. The molecular weight excluding hydrogens is 358 g/mol. The van der Waals surface area contributed by atoms with Crippen molar-refractivity contribution in [3.05, 3.63) is 58.3 Å². The Labute approximate surface area is 152 Å². The summed E-state index contributed by atoms with van der Waals surface area (Å²) >= 11 is 1.07. The van der Waals surface area contributed by atoms with Gasteiger partial charge in [-0.2, -0.15) is 0 Å². The molecule has 1 aromatic carbocycles. The summed E-state index contributed by atoms with van der Waals surface area (Å²) in [6, 6.07) is 9.82. The summed E-state index contributed by atoms with van der Waals surface area (Å²) < 4.78 is 5.45. The SMILES string of the molecule is Cc1c(NC(=O)CSc2nnc(-c3ccccn3)o2)cccc1[N+](=O)[O-]. The maximum Gasteiger partial charge on any atom is 0.277 e. The van der Waals surface area contributed by atoms with Crippen molar-refractivity contribution in [1.29, 1.82) is 0 Å². The number of hydrogen-bond donors (Lipinski definition) is 1. The quantitative estimate of drug-likeness (QED) is 0.398. The van der Waals surface area contributed by atoms with Crippen LogP contribution >= 0.6 is 11.8 Å². The summed E-state index contributed by atoms with van der Waals surface area (Å²) in [5.74, 6) is -0.0503. The van der Waals surface area contributed by atoms with E-state index in [1.807, 2.05) is 0 Å². The smallest absolute Gasteiger partial charge is 0.277 e. The van der Waals surface area contributed by atoms with Gasteiger partial charge in [-0.05, 0) is 25.1 Å². The van der Waals surface area contributed by atoms with Crippen molar-refractivity contribution in [2.45, 2.75) is 12.1 Å². The van der Waals surface area contributed by atoms with Crippen molar-refractivity contribution in [2.24, 2.45) is 0 Å². The number of aromatic nitrogens is 3. The summed E-state index contributed by atoms with van der Waals surface area (Å²) in [6.07, 6.45) is 1.61. The molecule has 0 atom stereocenters. The highest BCUT2D eigenvalue weighted by atomic mass is 32.2. The molecule has 0 aliphatic heterocycles. The first-order valence-corrected chi connectivity index (χ1v) is 8.44. The first-order chi connectivity index (χ1) is 12.5. The zero-order chi connectivity index (χ0) is 18.5. The van der Waals surface area contributed by atoms with Gasteiger partial charge in [0.05, 0.1) is 21.9 Å². The third-order valence-corrected chi connectivity index (χ3v) is 4.21. The number of anilines is 1. The van der Waals surface area contributed by atoms with Crippen LogP contribution in [0.25, 0.3) is 11.6 Å². The molecule has 2 aromatic heterocycles. The van der Waals surface area contributed by atoms with Crippen LogP contribution in [0.5, 0.6) is 0 Å². The summed E-state index contributed by atoms with van der Waals surface area (Å²) in [5.41, 5.74) is 1.28. The Morgan fingerprint density at radius 2 is 2.12 bits per heavy atom. The topological polar surface area (TPSA) is 124 Å². The maximum absolute atomic E-state index is 12.1. The molecule has 10 heteroatoms. The van der Waals surface area contributed by atoms with E-state index in [2.05, 4.69) is 20.5 Å². The van der Waals surface area contributed by atoms with E-state index < -0.39 is 4.92 Å². The third-order valence-electron chi connectivity index (χ3n) is 3.39. The van der Waals surface area contributed by atoms with E-state index in [1.165, 1.54) is 12.1 Å². The average molecular weight is 371 g/mol. The second kappa shape index (κ2) is 7.74. The summed E-state index contributed by atoms with van der Waals surface area (Å²) in [5, 5.41) is 21.6. The van der Waals surface area contributed by atoms with E-state index in [1.54, 1.807) is 37.4 Å². The summed E-state index contributed by atoms with van der Waals surface area (Å²) in [4.78, 5) is 26.7. The van der Waals surface area contributed by atoms with Crippen LogP contribution in [0.2, 0.25) is 0 Å². The van der Waals surface area contributed by atoms with Gasteiger partial charge in [0.15, 0.2) is 0 Å². The van der Waals surface area contributed by atoms with Crippen LogP contribution in [0.15, 0.2) is 52.2 Å². The molecule has 3 aromatic rings. The van der Waals surface area contributed by atoms with Crippen molar-refractivity contribution in [3.63, 3.8) is 0 Å².